The van der Waals surface area contributed by atoms with Gasteiger partial charge < -0.3 is 19.3 Å². The lowest BCUT2D eigenvalue weighted by atomic mass is 10.1. The average molecular weight is 446 g/mol. The third kappa shape index (κ3) is 5.32. The first-order chi connectivity index (χ1) is 16.1. The van der Waals surface area contributed by atoms with E-state index in [0.717, 1.165) is 28.9 Å². The fourth-order valence-corrected chi connectivity index (χ4v) is 3.47. The smallest absolute Gasteiger partial charge is 0.235 e. The molecule has 2 aromatic heterocycles. The van der Waals surface area contributed by atoms with Gasteiger partial charge in [0.25, 0.3) is 0 Å². The zero-order valence-corrected chi connectivity index (χ0v) is 18.8. The molecule has 4 aromatic rings. The van der Waals surface area contributed by atoms with Crippen LogP contribution in [0.3, 0.4) is 0 Å². The molecule has 0 saturated heterocycles. The zero-order chi connectivity index (χ0) is 23.2. The number of nitrogens with zero attached hydrogens (tertiary/aromatic N) is 3. The van der Waals surface area contributed by atoms with Crippen molar-refractivity contribution in [1.82, 2.24) is 14.6 Å². The van der Waals surface area contributed by atoms with E-state index in [2.05, 4.69) is 16.7 Å². The van der Waals surface area contributed by atoms with E-state index in [-0.39, 0.29) is 13.2 Å². The van der Waals surface area contributed by atoms with E-state index >= 15 is 0 Å². The van der Waals surface area contributed by atoms with Crippen LogP contribution in [0.25, 0.3) is 16.9 Å². The SMILES string of the molecule is C=CCc1ccc(OC[C@H](O)COc2cc3nc(-c4ccccc4)cc(C)n3n2)c(OC)c1. The van der Waals surface area contributed by atoms with Crippen LogP contribution in [0.4, 0.5) is 0 Å². The van der Waals surface area contributed by atoms with Crippen molar-refractivity contribution in [3.05, 3.63) is 84.6 Å². The van der Waals surface area contributed by atoms with E-state index in [1.807, 2.05) is 67.6 Å². The number of benzene rings is 2. The highest BCUT2D eigenvalue weighted by molar-refractivity contribution is 5.62. The largest absolute Gasteiger partial charge is 0.493 e. The van der Waals surface area contributed by atoms with Crippen LogP contribution in [0.2, 0.25) is 0 Å². The molecule has 0 saturated carbocycles. The van der Waals surface area contributed by atoms with Crippen LogP contribution < -0.4 is 14.2 Å². The summed E-state index contributed by atoms with van der Waals surface area (Å²) in [4.78, 5) is 4.68. The van der Waals surface area contributed by atoms with Crippen molar-refractivity contribution in [2.75, 3.05) is 20.3 Å². The van der Waals surface area contributed by atoms with Crippen LogP contribution in [0, 0.1) is 6.92 Å². The average Bonchev–Trinajstić information content (AvgIpc) is 3.26. The molecular weight excluding hydrogens is 418 g/mol. The zero-order valence-electron chi connectivity index (χ0n) is 18.8. The molecule has 0 bridgehead atoms. The number of hydrogen-bond acceptors (Lipinski definition) is 6. The standard InChI is InChI=1S/C26H27N3O4/c1-4-8-19-11-12-23(24(14-19)31-3)32-16-21(30)17-33-26-15-25-27-22(13-18(2)29(25)28-26)20-9-6-5-7-10-20/h4-7,9-15,21,30H,1,8,16-17H2,2-3H3/t21-/m0/s1. The Kier molecular flexibility index (Phi) is 6.90. The van der Waals surface area contributed by atoms with Gasteiger partial charge in [-0.2, -0.15) is 0 Å². The fourth-order valence-electron chi connectivity index (χ4n) is 3.47. The van der Waals surface area contributed by atoms with Gasteiger partial charge in [0.2, 0.25) is 5.88 Å². The number of aromatic nitrogens is 3. The molecule has 0 aliphatic carbocycles. The summed E-state index contributed by atoms with van der Waals surface area (Å²) in [5.41, 5.74) is 4.59. The van der Waals surface area contributed by atoms with Crippen LogP contribution in [-0.2, 0) is 6.42 Å². The van der Waals surface area contributed by atoms with Crippen molar-refractivity contribution in [3.8, 4) is 28.6 Å². The Morgan fingerprint density at radius 2 is 1.82 bits per heavy atom. The Bertz CT molecular complexity index is 1240. The Labute approximate surface area is 192 Å². The molecule has 0 aliphatic rings. The number of allylic oxidation sites excluding steroid dienone is 1. The van der Waals surface area contributed by atoms with Crippen LogP contribution in [0.15, 0.2) is 73.3 Å². The Hall–Kier alpha value is -3.84. The van der Waals surface area contributed by atoms with Gasteiger partial charge in [-0.1, -0.05) is 42.5 Å². The Morgan fingerprint density at radius 3 is 2.58 bits per heavy atom. The van der Waals surface area contributed by atoms with E-state index in [1.54, 1.807) is 17.7 Å². The number of fused-ring (bicyclic) bond motifs is 1. The second-order valence-corrected chi connectivity index (χ2v) is 7.66. The molecule has 7 nitrogen and oxygen atoms in total. The van der Waals surface area contributed by atoms with Crippen LogP contribution >= 0.6 is 0 Å². The van der Waals surface area contributed by atoms with Crippen molar-refractivity contribution >= 4 is 5.65 Å². The van der Waals surface area contributed by atoms with E-state index < -0.39 is 6.10 Å². The lowest BCUT2D eigenvalue weighted by Crippen LogP contribution is -2.25. The summed E-state index contributed by atoms with van der Waals surface area (Å²) >= 11 is 0. The molecule has 0 unspecified atom stereocenters. The van der Waals surface area contributed by atoms with Gasteiger partial charge in [0.1, 0.15) is 19.3 Å². The Balaban J connectivity index is 1.38. The van der Waals surface area contributed by atoms with Gasteiger partial charge in [0, 0.05) is 17.3 Å². The molecule has 2 aromatic carbocycles. The highest BCUT2D eigenvalue weighted by Gasteiger charge is 2.13. The van der Waals surface area contributed by atoms with Crippen molar-refractivity contribution < 1.29 is 19.3 Å². The molecule has 33 heavy (non-hydrogen) atoms. The maximum atomic E-state index is 10.3. The molecule has 0 aliphatic heterocycles. The van der Waals surface area contributed by atoms with Gasteiger partial charge in [-0.05, 0) is 37.1 Å². The van der Waals surface area contributed by atoms with Gasteiger partial charge >= 0.3 is 0 Å². The number of aliphatic hydroxyl groups is 1. The summed E-state index contributed by atoms with van der Waals surface area (Å²) in [6.07, 6.45) is 1.73. The summed E-state index contributed by atoms with van der Waals surface area (Å²) in [7, 11) is 1.59. The van der Waals surface area contributed by atoms with Crippen molar-refractivity contribution in [2.45, 2.75) is 19.4 Å². The summed E-state index contributed by atoms with van der Waals surface area (Å²) in [6, 6.07) is 19.4. The second-order valence-electron chi connectivity index (χ2n) is 7.66. The summed E-state index contributed by atoms with van der Waals surface area (Å²) in [5, 5.41) is 14.8. The minimum Gasteiger partial charge on any atom is -0.493 e. The van der Waals surface area contributed by atoms with Crippen molar-refractivity contribution in [3.63, 3.8) is 0 Å². The number of aliphatic hydroxyl groups excluding tert-OH is 1. The number of ether oxygens (including phenoxy) is 3. The highest BCUT2D eigenvalue weighted by atomic mass is 16.5. The lowest BCUT2D eigenvalue weighted by Gasteiger charge is -2.15. The van der Waals surface area contributed by atoms with Gasteiger partial charge in [0.15, 0.2) is 17.1 Å². The van der Waals surface area contributed by atoms with Crippen molar-refractivity contribution in [1.29, 1.82) is 0 Å². The van der Waals surface area contributed by atoms with Crippen LogP contribution in [0.1, 0.15) is 11.3 Å². The van der Waals surface area contributed by atoms with E-state index in [9.17, 15) is 5.11 Å². The van der Waals surface area contributed by atoms with Gasteiger partial charge in [0.05, 0.1) is 12.8 Å². The number of hydrogen-bond donors (Lipinski definition) is 1. The molecular formula is C26H27N3O4. The third-order valence-corrected chi connectivity index (χ3v) is 5.12. The molecule has 1 N–H and O–H groups in total. The van der Waals surface area contributed by atoms with E-state index in [1.165, 1.54) is 0 Å². The molecule has 0 spiro atoms. The fraction of sp³-hybridized carbons (Fsp3) is 0.231. The first kappa shape index (κ1) is 22.4. The summed E-state index contributed by atoms with van der Waals surface area (Å²) in [5.74, 6) is 1.56. The number of aryl methyl sites for hydroxylation is 1. The molecule has 4 rings (SSSR count). The summed E-state index contributed by atoms with van der Waals surface area (Å²) in [6.45, 7) is 5.80. The minimum absolute atomic E-state index is 0.0331. The quantitative estimate of drug-likeness (QED) is 0.368. The third-order valence-electron chi connectivity index (χ3n) is 5.12. The van der Waals surface area contributed by atoms with Gasteiger partial charge in [-0.15, -0.1) is 11.7 Å². The molecule has 7 heteroatoms. The van der Waals surface area contributed by atoms with Gasteiger partial charge in [-0.25, -0.2) is 9.50 Å². The predicted molar refractivity (Wildman–Crippen MR) is 127 cm³/mol. The topological polar surface area (TPSA) is 78.1 Å². The molecule has 0 radical (unpaired) electrons. The summed E-state index contributed by atoms with van der Waals surface area (Å²) < 4.78 is 18.6. The van der Waals surface area contributed by atoms with Gasteiger partial charge in [-0.3, -0.25) is 0 Å². The molecule has 2 heterocycles. The van der Waals surface area contributed by atoms with Crippen LogP contribution in [0.5, 0.6) is 17.4 Å². The van der Waals surface area contributed by atoms with E-state index in [4.69, 9.17) is 14.2 Å². The number of rotatable bonds is 10. The lowest BCUT2D eigenvalue weighted by molar-refractivity contribution is 0.0599. The first-order valence-electron chi connectivity index (χ1n) is 10.7. The first-order valence-corrected chi connectivity index (χ1v) is 10.7. The maximum absolute atomic E-state index is 10.3. The molecule has 0 amide bonds. The highest BCUT2D eigenvalue weighted by Crippen LogP contribution is 2.28. The van der Waals surface area contributed by atoms with Crippen molar-refractivity contribution in [2.24, 2.45) is 0 Å². The second kappa shape index (κ2) is 10.2. The Morgan fingerprint density at radius 1 is 1.03 bits per heavy atom. The number of methoxy groups -OCH3 is 1. The minimum atomic E-state index is -0.846. The molecule has 0 fully saturated rings. The molecule has 170 valence electrons. The normalized spacial score (nSPS) is 11.8. The predicted octanol–water partition coefficient (Wildman–Crippen LogP) is 4.26. The van der Waals surface area contributed by atoms with Crippen LogP contribution in [-0.4, -0.2) is 46.1 Å². The monoisotopic (exact) mass is 445 g/mol. The molecule has 1 atom stereocenters. The van der Waals surface area contributed by atoms with E-state index in [0.29, 0.717) is 23.0 Å². The maximum Gasteiger partial charge on any atom is 0.235 e.